The summed E-state index contributed by atoms with van der Waals surface area (Å²) in [6, 6.07) is 9.48. The first kappa shape index (κ1) is 15.3. The number of aliphatic hydroxyl groups is 1. The van der Waals surface area contributed by atoms with E-state index in [1.54, 1.807) is 13.2 Å². The Morgan fingerprint density at radius 2 is 1.81 bits per heavy atom. The quantitative estimate of drug-likeness (QED) is 0.883. The van der Waals surface area contributed by atoms with Crippen molar-refractivity contribution in [1.82, 2.24) is 4.98 Å². The molecule has 21 heavy (non-hydrogen) atoms. The van der Waals surface area contributed by atoms with Gasteiger partial charge in [0.15, 0.2) is 11.5 Å². The van der Waals surface area contributed by atoms with Crippen LogP contribution >= 0.6 is 0 Å². The molecular formula is C17H21NO3. The number of aromatic nitrogens is 1. The van der Waals surface area contributed by atoms with E-state index in [4.69, 9.17) is 9.47 Å². The van der Waals surface area contributed by atoms with E-state index < -0.39 is 0 Å². The van der Waals surface area contributed by atoms with E-state index in [1.807, 2.05) is 31.2 Å². The Morgan fingerprint density at radius 3 is 2.43 bits per heavy atom. The van der Waals surface area contributed by atoms with Crippen molar-refractivity contribution < 1.29 is 14.6 Å². The van der Waals surface area contributed by atoms with Gasteiger partial charge in [-0.3, -0.25) is 0 Å². The lowest BCUT2D eigenvalue weighted by Crippen LogP contribution is -1.98. The summed E-state index contributed by atoms with van der Waals surface area (Å²) in [5, 5.41) is 9.31. The number of hydrogen-bond acceptors (Lipinski definition) is 4. The van der Waals surface area contributed by atoms with Gasteiger partial charge >= 0.3 is 0 Å². The van der Waals surface area contributed by atoms with E-state index in [-0.39, 0.29) is 6.61 Å². The molecule has 0 bridgehead atoms. The molecule has 0 atom stereocenters. The van der Waals surface area contributed by atoms with Crippen LogP contribution in [0.2, 0.25) is 0 Å². The summed E-state index contributed by atoms with van der Waals surface area (Å²) in [7, 11) is 1.62. The van der Waals surface area contributed by atoms with Crippen molar-refractivity contribution >= 4 is 0 Å². The van der Waals surface area contributed by atoms with E-state index in [1.165, 1.54) is 5.56 Å². The second-order valence-corrected chi connectivity index (χ2v) is 4.76. The first-order chi connectivity index (χ1) is 10.2. The molecule has 1 heterocycles. The molecule has 0 unspecified atom stereocenters. The molecule has 4 nitrogen and oxygen atoms in total. The predicted molar refractivity (Wildman–Crippen MR) is 82.0 cm³/mol. The summed E-state index contributed by atoms with van der Waals surface area (Å²) < 4.78 is 11.2. The van der Waals surface area contributed by atoms with Crippen molar-refractivity contribution in [3.8, 4) is 17.4 Å². The number of benzene rings is 1. The van der Waals surface area contributed by atoms with Crippen LogP contribution in [-0.4, -0.2) is 17.2 Å². The van der Waals surface area contributed by atoms with Crippen LogP contribution in [0.15, 0.2) is 30.3 Å². The van der Waals surface area contributed by atoms with E-state index in [9.17, 15) is 5.11 Å². The largest absolute Gasteiger partial charge is 0.493 e. The van der Waals surface area contributed by atoms with Gasteiger partial charge in [-0.15, -0.1) is 0 Å². The normalized spacial score (nSPS) is 10.5. The maximum absolute atomic E-state index is 9.31. The molecule has 0 aliphatic heterocycles. The van der Waals surface area contributed by atoms with Gasteiger partial charge < -0.3 is 14.6 Å². The lowest BCUT2D eigenvalue weighted by molar-refractivity contribution is 0.280. The topological polar surface area (TPSA) is 51.6 Å². The number of aliphatic hydroxyl groups excluding tert-OH is 1. The summed E-state index contributed by atoms with van der Waals surface area (Å²) in [6.07, 6.45) is 1.73. The Balaban J connectivity index is 2.33. The smallest absolute Gasteiger partial charge is 0.220 e. The van der Waals surface area contributed by atoms with Crippen LogP contribution in [0.4, 0.5) is 0 Å². The minimum atomic E-state index is -0.0300. The van der Waals surface area contributed by atoms with Gasteiger partial charge in [-0.2, -0.15) is 0 Å². The highest BCUT2D eigenvalue weighted by molar-refractivity contribution is 5.45. The molecule has 1 N–H and O–H groups in total. The van der Waals surface area contributed by atoms with Gasteiger partial charge in [0.2, 0.25) is 5.88 Å². The minimum absolute atomic E-state index is 0.0300. The van der Waals surface area contributed by atoms with Gasteiger partial charge in [-0.05, 0) is 42.2 Å². The van der Waals surface area contributed by atoms with Gasteiger partial charge in [-0.1, -0.05) is 19.9 Å². The summed E-state index contributed by atoms with van der Waals surface area (Å²) in [5.74, 6) is 1.78. The number of ether oxygens (including phenoxy) is 2. The fourth-order valence-corrected chi connectivity index (χ4v) is 2.07. The highest BCUT2D eigenvalue weighted by Crippen LogP contribution is 2.32. The highest BCUT2D eigenvalue weighted by Gasteiger charge is 2.09. The van der Waals surface area contributed by atoms with Crippen molar-refractivity contribution in [3.05, 3.63) is 47.2 Å². The van der Waals surface area contributed by atoms with Gasteiger partial charge in [-0.25, -0.2) is 4.98 Å². The van der Waals surface area contributed by atoms with Crippen molar-refractivity contribution in [2.75, 3.05) is 7.11 Å². The molecule has 2 aromatic rings. The monoisotopic (exact) mass is 287 g/mol. The van der Waals surface area contributed by atoms with Crippen LogP contribution in [0.25, 0.3) is 0 Å². The third-order valence-electron chi connectivity index (χ3n) is 3.31. The molecule has 1 aromatic heterocycles. The molecular weight excluding hydrogens is 266 g/mol. The molecule has 0 aliphatic carbocycles. The zero-order valence-electron chi connectivity index (χ0n) is 12.7. The van der Waals surface area contributed by atoms with Crippen LogP contribution in [0.5, 0.6) is 17.4 Å². The van der Waals surface area contributed by atoms with Gasteiger partial charge in [0.25, 0.3) is 0 Å². The zero-order chi connectivity index (χ0) is 15.2. The molecule has 0 radical (unpaired) electrons. The summed E-state index contributed by atoms with van der Waals surface area (Å²) in [6.45, 7) is 4.08. The first-order valence-electron chi connectivity index (χ1n) is 7.15. The second-order valence-electron chi connectivity index (χ2n) is 4.76. The Morgan fingerprint density at radius 1 is 1.00 bits per heavy atom. The van der Waals surface area contributed by atoms with Crippen LogP contribution < -0.4 is 9.47 Å². The number of hydrogen-bond donors (Lipinski definition) is 1. The Bertz CT molecular complexity index is 589. The molecule has 2 rings (SSSR count). The van der Waals surface area contributed by atoms with Crippen LogP contribution in [0.1, 0.15) is 30.7 Å². The molecule has 0 amide bonds. The Kier molecular flexibility index (Phi) is 5.17. The van der Waals surface area contributed by atoms with E-state index in [0.717, 1.165) is 24.1 Å². The fraction of sp³-hybridized carbons (Fsp3) is 0.353. The minimum Gasteiger partial charge on any atom is -0.493 e. The molecule has 1 aromatic carbocycles. The van der Waals surface area contributed by atoms with Crippen molar-refractivity contribution in [2.24, 2.45) is 0 Å². The molecule has 4 heteroatoms. The fourth-order valence-electron chi connectivity index (χ4n) is 2.07. The maximum Gasteiger partial charge on any atom is 0.220 e. The molecule has 0 saturated carbocycles. The number of nitrogens with zero attached hydrogens (tertiary/aromatic N) is 1. The average Bonchev–Trinajstić information content (AvgIpc) is 2.54. The molecule has 0 saturated heterocycles. The van der Waals surface area contributed by atoms with Gasteiger partial charge in [0.05, 0.1) is 13.7 Å². The Labute approximate surface area is 125 Å². The molecule has 0 aliphatic rings. The number of methoxy groups -OCH3 is 1. The molecule has 0 fully saturated rings. The predicted octanol–water partition coefficient (Wildman–Crippen LogP) is 3.50. The van der Waals surface area contributed by atoms with Crippen LogP contribution in [-0.2, 0) is 19.4 Å². The lowest BCUT2D eigenvalue weighted by Gasteiger charge is -2.12. The van der Waals surface area contributed by atoms with Crippen molar-refractivity contribution in [2.45, 2.75) is 33.3 Å². The summed E-state index contributed by atoms with van der Waals surface area (Å²) in [5.41, 5.74) is 2.87. The number of pyridine rings is 1. The second kappa shape index (κ2) is 7.09. The van der Waals surface area contributed by atoms with E-state index in [2.05, 4.69) is 11.9 Å². The highest BCUT2D eigenvalue weighted by atomic mass is 16.5. The van der Waals surface area contributed by atoms with Gasteiger partial charge in [0.1, 0.15) is 0 Å². The first-order valence-corrected chi connectivity index (χ1v) is 7.15. The van der Waals surface area contributed by atoms with Crippen molar-refractivity contribution in [1.29, 1.82) is 0 Å². The lowest BCUT2D eigenvalue weighted by atomic mass is 10.1. The number of rotatable bonds is 6. The van der Waals surface area contributed by atoms with Crippen molar-refractivity contribution in [3.63, 3.8) is 0 Å². The third kappa shape index (κ3) is 3.73. The zero-order valence-corrected chi connectivity index (χ0v) is 12.7. The average molecular weight is 287 g/mol. The van der Waals surface area contributed by atoms with E-state index >= 15 is 0 Å². The van der Waals surface area contributed by atoms with Crippen LogP contribution in [0, 0.1) is 0 Å². The molecule has 112 valence electrons. The van der Waals surface area contributed by atoms with E-state index in [0.29, 0.717) is 17.4 Å². The third-order valence-corrected chi connectivity index (χ3v) is 3.31. The van der Waals surface area contributed by atoms with Crippen LogP contribution in [0.3, 0.4) is 0 Å². The standard InChI is InChI=1S/C17H21NO3/c1-4-12-6-7-15(16(9-12)20-3)21-17-10-13(11-19)8-14(5-2)18-17/h6-10,19H,4-5,11H2,1-3H3. The summed E-state index contributed by atoms with van der Waals surface area (Å²) in [4.78, 5) is 4.42. The SMILES string of the molecule is CCc1ccc(Oc2cc(CO)cc(CC)n2)c(OC)c1. The Hall–Kier alpha value is -2.07. The number of aryl methyl sites for hydroxylation is 2. The van der Waals surface area contributed by atoms with Gasteiger partial charge in [0, 0.05) is 11.8 Å². The maximum atomic E-state index is 9.31. The molecule has 0 spiro atoms. The summed E-state index contributed by atoms with van der Waals surface area (Å²) >= 11 is 0.